The van der Waals surface area contributed by atoms with Gasteiger partial charge in [-0.05, 0) is 98.1 Å². The van der Waals surface area contributed by atoms with Gasteiger partial charge in [-0.2, -0.15) is 79.0 Å². The number of hydrogen-bond donors (Lipinski definition) is 7. The molecule has 0 saturated heterocycles. The Balaban J connectivity index is 0.000000367. The van der Waals surface area contributed by atoms with E-state index in [4.69, 9.17) is 0 Å². The van der Waals surface area contributed by atoms with E-state index in [1.165, 1.54) is 44.3 Å². The Bertz CT molecular complexity index is 2980. The Hall–Kier alpha value is -7.40. The number of nitrogens with one attached hydrogen (secondary N) is 4. The van der Waals surface area contributed by atoms with Crippen LogP contribution in [0, 0.1) is 0 Å². The number of halogens is 18. The molecule has 11 nitrogen and oxygen atoms in total. The molecule has 29 heteroatoms. The van der Waals surface area contributed by atoms with E-state index in [2.05, 4.69) is 5.32 Å². The minimum Gasteiger partial charge on any atom is -0.388 e. The van der Waals surface area contributed by atoms with E-state index in [0.29, 0.717) is 18.2 Å². The van der Waals surface area contributed by atoms with Crippen molar-refractivity contribution in [3.63, 3.8) is 0 Å². The molecule has 0 aliphatic rings. The average molecular weight is 1120 g/mol. The number of anilines is 4. The predicted octanol–water partition coefficient (Wildman–Crippen LogP) is 11.9. The largest absolute Gasteiger partial charge is 0.430 e. The lowest BCUT2D eigenvalue weighted by atomic mass is 9.86. The molecule has 0 fully saturated rings. The van der Waals surface area contributed by atoms with Crippen LogP contribution in [0.5, 0.6) is 0 Å². The first-order valence-corrected chi connectivity index (χ1v) is 21.2. The van der Waals surface area contributed by atoms with Gasteiger partial charge in [0, 0.05) is 75.8 Å². The summed E-state index contributed by atoms with van der Waals surface area (Å²) < 4.78 is 246. The summed E-state index contributed by atoms with van der Waals surface area (Å²) in [6.45, 7) is 2.33. The fraction of sp³-hybridized carbons (Fsp3) is 0.292. The van der Waals surface area contributed by atoms with Gasteiger partial charge in [0.1, 0.15) is 0 Å². The van der Waals surface area contributed by atoms with E-state index in [9.17, 15) is 114 Å². The number of rotatable bonds is 13. The van der Waals surface area contributed by atoms with Gasteiger partial charge in [-0.25, -0.2) is 0 Å². The van der Waals surface area contributed by atoms with Crippen molar-refractivity contribution in [2.24, 2.45) is 0 Å². The lowest BCUT2D eigenvalue weighted by molar-refractivity contribution is -0.376. The van der Waals surface area contributed by atoms with Crippen LogP contribution in [-0.2, 0) is 23.2 Å². The van der Waals surface area contributed by atoms with Crippen molar-refractivity contribution in [3.05, 3.63) is 153 Å². The predicted molar refractivity (Wildman–Crippen MR) is 238 cm³/mol. The van der Waals surface area contributed by atoms with Crippen LogP contribution in [0.15, 0.2) is 103 Å². The average Bonchev–Trinajstić information content (AvgIpc) is 3.31. The van der Waals surface area contributed by atoms with Gasteiger partial charge < -0.3 is 36.6 Å². The van der Waals surface area contributed by atoms with Gasteiger partial charge in [0.05, 0.1) is 0 Å². The molecule has 5 aromatic carbocycles. The number of Topliss-reactive ketones (excluding diaryl/α,β-unsaturated/α-hetero) is 2. The number of ketones is 2. The fourth-order valence-corrected chi connectivity index (χ4v) is 7.22. The molecule has 0 saturated carbocycles. The SMILES string of the molecule is CNc1ccc(Cc2ccc(NC(=O)c3cccc(C(C)=O)c3)c(C(O)(C(F)(F)F)C(F)(F)F)c2)cc1C(O)(C(F)(F)F)C(F)(F)F.CNc1ccc(NC(=O)c2cccc(C(C)=O)c2)c(C(O)(C(F)(F)F)C(F)(F)F)c1. The zero-order valence-corrected chi connectivity index (χ0v) is 39.3. The van der Waals surface area contributed by atoms with Gasteiger partial charge in [-0.15, -0.1) is 0 Å². The zero-order valence-electron chi connectivity index (χ0n) is 39.3. The second-order valence-corrected chi connectivity index (χ2v) is 16.5. The molecule has 0 atom stereocenters. The van der Waals surface area contributed by atoms with Crippen molar-refractivity contribution >= 4 is 46.1 Å². The molecule has 0 unspecified atom stereocenters. The molecule has 418 valence electrons. The third-order valence-corrected chi connectivity index (χ3v) is 11.3. The van der Waals surface area contributed by atoms with E-state index in [1.54, 1.807) is 0 Å². The molecule has 0 heterocycles. The molecular weight excluding hydrogens is 1090 g/mol. The minimum atomic E-state index is -6.48. The van der Waals surface area contributed by atoms with Gasteiger partial charge in [0.25, 0.3) is 28.6 Å². The van der Waals surface area contributed by atoms with Crippen LogP contribution in [0.2, 0.25) is 0 Å². The molecule has 0 aromatic heterocycles. The Morgan fingerprint density at radius 2 is 0.688 bits per heavy atom. The van der Waals surface area contributed by atoms with Crippen molar-refractivity contribution < 1.29 is 114 Å². The number of amides is 2. The van der Waals surface area contributed by atoms with Crippen LogP contribution in [0.3, 0.4) is 0 Å². The topological polar surface area (TPSA) is 177 Å². The molecule has 0 aliphatic carbocycles. The maximum atomic E-state index is 13.9. The number of aliphatic hydroxyl groups is 3. The Morgan fingerprint density at radius 1 is 0.390 bits per heavy atom. The molecule has 0 bridgehead atoms. The van der Waals surface area contributed by atoms with E-state index < -0.39 is 129 Å². The summed E-state index contributed by atoms with van der Waals surface area (Å²) in [6.07, 6.45) is -38.8. The van der Waals surface area contributed by atoms with Gasteiger partial charge in [-0.1, -0.05) is 36.4 Å². The summed E-state index contributed by atoms with van der Waals surface area (Å²) in [5.74, 6) is -3.31. The van der Waals surface area contributed by atoms with Gasteiger partial charge in [0.2, 0.25) is 0 Å². The molecule has 5 rings (SSSR count). The molecule has 0 aliphatic heterocycles. The first-order chi connectivity index (χ1) is 35.0. The summed E-state index contributed by atoms with van der Waals surface area (Å²) in [4.78, 5) is 48.3. The lowest BCUT2D eigenvalue weighted by Gasteiger charge is -2.34. The smallest absolute Gasteiger partial charge is 0.388 e. The molecular formula is C48H38F18N4O7. The molecule has 7 N–H and O–H groups in total. The van der Waals surface area contributed by atoms with Crippen LogP contribution in [0.25, 0.3) is 0 Å². The number of carbonyl (C=O) groups excluding carboxylic acids is 4. The number of hydrogen-bond acceptors (Lipinski definition) is 9. The van der Waals surface area contributed by atoms with Gasteiger partial charge in [-0.3, -0.25) is 19.2 Å². The zero-order chi connectivity index (χ0) is 58.9. The van der Waals surface area contributed by atoms with E-state index in [0.717, 1.165) is 56.4 Å². The molecule has 0 spiro atoms. The van der Waals surface area contributed by atoms with Crippen LogP contribution < -0.4 is 21.3 Å². The fourth-order valence-electron chi connectivity index (χ4n) is 7.22. The van der Waals surface area contributed by atoms with Crippen molar-refractivity contribution in [3.8, 4) is 0 Å². The van der Waals surface area contributed by atoms with Crippen LogP contribution in [0.1, 0.15) is 83.1 Å². The van der Waals surface area contributed by atoms with Crippen molar-refractivity contribution in [2.75, 3.05) is 35.4 Å². The summed E-state index contributed by atoms with van der Waals surface area (Å²) in [6, 6.07) is 15.2. The van der Waals surface area contributed by atoms with Crippen molar-refractivity contribution in [1.29, 1.82) is 0 Å². The van der Waals surface area contributed by atoms with Crippen molar-refractivity contribution in [1.82, 2.24) is 0 Å². The quantitative estimate of drug-likeness (QED) is 0.0447. The second-order valence-electron chi connectivity index (χ2n) is 16.5. The maximum Gasteiger partial charge on any atom is 0.430 e. The highest BCUT2D eigenvalue weighted by Crippen LogP contribution is 2.55. The Kier molecular flexibility index (Phi) is 17.7. The van der Waals surface area contributed by atoms with Gasteiger partial charge >= 0.3 is 37.1 Å². The number of carbonyl (C=O) groups is 4. The summed E-state index contributed by atoms with van der Waals surface area (Å²) in [5, 5.41) is 38.1. The molecule has 77 heavy (non-hydrogen) atoms. The van der Waals surface area contributed by atoms with E-state index >= 15 is 0 Å². The summed E-state index contributed by atoms with van der Waals surface area (Å²) in [7, 11) is 2.18. The van der Waals surface area contributed by atoms with E-state index in [1.807, 2.05) is 16.0 Å². The first-order valence-electron chi connectivity index (χ1n) is 21.2. The highest BCUT2D eigenvalue weighted by atomic mass is 19.4. The number of benzene rings is 5. The normalized spacial score (nSPS) is 13.0. The molecule has 0 radical (unpaired) electrons. The minimum absolute atomic E-state index is 0.0399. The second kappa shape index (κ2) is 21.9. The van der Waals surface area contributed by atoms with Crippen molar-refractivity contribution in [2.45, 2.75) is 74.1 Å². The summed E-state index contributed by atoms with van der Waals surface area (Å²) >= 11 is 0. The van der Waals surface area contributed by atoms with Crippen LogP contribution in [0.4, 0.5) is 102 Å². The first kappa shape index (κ1) is 62.1. The Labute approximate surface area is 421 Å². The van der Waals surface area contributed by atoms with Crippen LogP contribution >= 0.6 is 0 Å². The van der Waals surface area contributed by atoms with Gasteiger partial charge in [0.15, 0.2) is 11.6 Å². The van der Waals surface area contributed by atoms with E-state index in [-0.39, 0.29) is 40.1 Å². The Morgan fingerprint density at radius 3 is 1.00 bits per heavy atom. The standard InChI is InChI=1S/C29H22F12N2O4.C19H16F6N2O3/c1-14(44)17-4-3-5-18(13-17)23(45)43-22-9-7-16(12-20(22)25(47,28(36,37)38)29(39,40)41)10-15-6-8-21(42-2)19(11-15)24(46,26(30,31)32)27(33,34)35;1-10(28)11-4-3-5-12(8-11)16(29)27-15-7-6-13(26-2)9-14(15)17(30,18(20,21)22)19(23,24)25/h3-9,11-13,42,46-47H,10H2,1-2H3,(H,43,45);3-9,26,30H,1-2H3,(H,27,29). The highest BCUT2D eigenvalue weighted by molar-refractivity contribution is 6.07. The maximum absolute atomic E-state index is 13.9. The molecule has 5 aromatic rings. The lowest BCUT2D eigenvalue weighted by Crippen LogP contribution is -2.54. The monoisotopic (exact) mass is 1120 g/mol. The van der Waals surface area contributed by atoms with Crippen LogP contribution in [-0.4, -0.2) is 89.9 Å². The number of alkyl halides is 18. The third-order valence-electron chi connectivity index (χ3n) is 11.3. The summed E-state index contributed by atoms with van der Waals surface area (Å²) in [5.41, 5.74) is -26.4. The molecule has 2 amide bonds. The highest BCUT2D eigenvalue weighted by Gasteiger charge is 2.74. The third kappa shape index (κ3) is 12.6.